The molecule has 4 saturated carbocycles. The second-order valence-corrected chi connectivity index (χ2v) is 10.6. The number of aliphatic hydroxyl groups is 1. The molecule has 0 saturated heterocycles. The zero-order chi connectivity index (χ0) is 18.6. The summed E-state index contributed by atoms with van der Waals surface area (Å²) in [5.41, 5.74) is 0.252. The Morgan fingerprint density at radius 3 is 2.42 bits per heavy atom. The van der Waals surface area contributed by atoms with E-state index in [0.29, 0.717) is 36.1 Å². The van der Waals surface area contributed by atoms with Crippen LogP contribution in [0, 0.1) is 34.5 Å². The van der Waals surface area contributed by atoms with Crippen molar-refractivity contribution in [1.82, 2.24) is 0 Å². The zero-order valence-corrected chi connectivity index (χ0v) is 17.4. The Balaban J connectivity index is 1.52. The molecule has 4 fully saturated rings. The van der Waals surface area contributed by atoms with Gasteiger partial charge in [0.2, 0.25) is 0 Å². The van der Waals surface area contributed by atoms with Crippen molar-refractivity contribution >= 4 is 0 Å². The van der Waals surface area contributed by atoms with Crippen molar-refractivity contribution in [2.45, 2.75) is 90.3 Å². The monoisotopic (exact) mass is 364 g/mol. The molecule has 3 nitrogen and oxygen atoms in total. The summed E-state index contributed by atoms with van der Waals surface area (Å²) in [6, 6.07) is 0. The lowest BCUT2D eigenvalue weighted by molar-refractivity contribution is -0.169. The summed E-state index contributed by atoms with van der Waals surface area (Å²) in [7, 11) is 1.92. The second kappa shape index (κ2) is 6.74. The van der Waals surface area contributed by atoms with E-state index in [1.54, 1.807) is 0 Å². The lowest BCUT2D eigenvalue weighted by Gasteiger charge is -2.62. The van der Waals surface area contributed by atoms with E-state index in [1.807, 2.05) is 14.0 Å². The van der Waals surface area contributed by atoms with E-state index in [-0.39, 0.29) is 0 Å². The molecule has 8 atom stereocenters. The van der Waals surface area contributed by atoms with Crippen LogP contribution in [0.4, 0.5) is 0 Å². The Morgan fingerprint density at radius 2 is 1.69 bits per heavy atom. The van der Waals surface area contributed by atoms with Crippen LogP contribution in [0.1, 0.15) is 78.6 Å². The summed E-state index contributed by atoms with van der Waals surface area (Å²) >= 11 is 0. The Kier molecular flexibility index (Phi) is 4.98. The van der Waals surface area contributed by atoms with Gasteiger partial charge in [-0.3, -0.25) is 0 Å². The van der Waals surface area contributed by atoms with E-state index >= 15 is 0 Å². The molecule has 0 heterocycles. The Labute approximate surface area is 160 Å². The van der Waals surface area contributed by atoms with Gasteiger partial charge in [-0.25, -0.2) is 0 Å². The summed E-state index contributed by atoms with van der Waals surface area (Å²) < 4.78 is 11.5. The smallest absolute Gasteiger partial charge is 0.0883 e. The number of hydrogen-bond acceptors (Lipinski definition) is 3. The zero-order valence-electron chi connectivity index (χ0n) is 17.4. The summed E-state index contributed by atoms with van der Waals surface area (Å²) in [5.74, 6) is 3.26. The second-order valence-electron chi connectivity index (χ2n) is 10.6. The maximum absolute atomic E-state index is 11.1. The first-order valence-corrected chi connectivity index (χ1v) is 11.2. The molecule has 150 valence electrons. The van der Waals surface area contributed by atoms with Crippen LogP contribution >= 0.6 is 0 Å². The fraction of sp³-hybridized carbons (Fsp3) is 1.00. The molecule has 0 aliphatic heterocycles. The first kappa shape index (κ1) is 19.2. The fourth-order valence-corrected chi connectivity index (χ4v) is 8.08. The van der Waals surface area contributed by atoms with E-state index in [1.165, 1.54) is 44.9 Å². The first-order valence-electron chi connectivity index (χ1n) is 11.2. The van der Waals surface area contributed by atoms with E-state index in [0.717, 1.165) is 30.6 Å². The van der Waals surface area contributed by atoms with Gasteiger partial charge in [0.05, 0.1) is 18.3 Å². The molecule has 0 bridgehead atoms. The third-order valence-corrected chi connectivity index (χ3v) is 9.59. The van der Waals surface area contributed by atoms with Crippen LogP contribution in [-0.2, 0) is 9.47 Å². The average Bonchev–Trinajstić information content (AvgIpc) is 2.97. The van der Waals surface area contributed by atoms with Crippen molar-refractivity contribution in [2.24, 2.45) is 34.5 Å². The van der Waals surface area contributed by atoms with Crippen LogP contribution in [0.15, 0.2) is 0 Å². The number of fused-ring (bicyclic) bond motifs is 5. The van der Waals surface area contributed by atoms with Gasteiger partial charge in [-0.05, 0) is 99.2 Å². The molecule has 0 radical (unpaired) electrons. The van der Waals surface area contributed by atoms with Crippen LogP contribution in [-0.4, -0.2) is 37.1 Å². The summed E-state index contributed by atoms with van der Waals surface area (Å²) in [5, 5.41) is 11.1. The van der Waals surface area contributed by atoms with E-state index < -0.39 is 5.60 Å². The van der Waals surface area contributed by atoms with Crippen LogP contribution in [0.25, 0.3) is 0 Å². The van der Waals surface area contributed by atoms with Crippen LogP contribution in [0.5, 0.6) is 0 Å². The lowest BCUT2D eigenvalue weighted by Crippen LogP contribution is -2.57. The topological polar surface area (TPSA) is 38.7 Å². The van der Waals surface area contributed by atoms with Crippen LogP contribution in [0.3, 0.4) is 0 Å². The van der Waals surface area contributed by atoms with Crippen LogP contribution in [0.2, 0.25) is 0 Å². The third kappa shape index (κ3) is 2.79. The molecule has 0 aromatic carbocycles. The molecule has 1 N–H and O–H groups in total. The maximum Gasteiger partial charge on any atom is 0.0883 e. The highest BCUT2D eigenvalue weighted by molar-refractivity contribution is 5.10. The molecular formula is C23H40O3. The van der Waals surface area contributed by atoms with Gasteiger partial charge in [-0.2, -0.15) is 0 Å². The standard InChI is InChI=1S/C23H40O3/c1-5-26-15-23(24)13-12-21(2)16(14-23)6-7-17-18-8-9-20(25-4)22(18,3)11-10-19(17)21/h16-20,24H,5-15H2,1-4H3/t16?,17?,18?,19?,20-,21-,22-,23+/m0/s1. The van der Waals surface area contributed by atoms with Gasteiger partial charge in [-0.1, -0.05) is 13.8 Å². The molecule has 0 spiro atoms. The molecule has 0 aromatic rings. The predicted molar refractivity (Wildman–Crippen MR) is 104 cm³/mol. The Bertz CT molecular complexity index is 522. The highest BCUT2D eigenvalue weighted by atomic mass is 16.5. The molecule has 4 rings (SSSR count). The van der Waals surface area contributed by atoms with Crippen molar-refractivity contribution in [2.75, 3.05) is 20.3 Å². The average molecular weight is 365 g/mol. The number of hydrogen-bond donors (Lipinski definition) is 1. The Hall–Kier alpha value is -0.120. The highest BCUT2D eigenvalue weighted by Gasteiger charge is 2.61. The summed E-state index contributed by atoms with van der Waals surface area (Å²) in [4.78, 5) is 0. The fourth-order valence-electron chi connectivity index (χ4n) is 8.08. The van der Waals surface area contributed by atoms with Gasteiger partial charge >= 0.3 is 0 Å². The molecule has 4 aliphatic carbocycles. The molecular weight excluding hydrogens is 324 g/mol. The lowest BCUT2D eigenvalue weighted by atomic mass is 9.44. The van der Waals surface area contributed by atoms with Gasteiger partial charge in [0.25, 0.3) is 0 Å². The molecule has 26 heavy (non-hydrogen) atoms. The quantitative estimate of drug-likeness (QED) is 0.778. The minimum atomic E-state index is -0.579. The number of methoxy groups -OCH3 is 1. The van der Waals surface area contributed by atoms with Crippen LogP contribution < -0.4 is 0 Å². The van der Waals surface area contributed by atoms with Gasteiger partial charge in [-0.15, -0.1) is 0 Å². The van der Waals surface area contributed by atoms with Gasteiger partial charge < -0.3 is 14.6 Å². The van der Waals surface area contributed by atoms with E-state index in [2.05, 4.69) is 13.8 Å². The maximum atomic E-state index is 11.1. The molecule has 3 heteroatoms. The minimum absolute atomic E-state index is 0.406. The molecule has 0 amide bonds. The molecule has 4 unspecified atom stereocenters. The highest BCUT2D eigenvalue weighted by Crippen LogP contribution is 2.67. The number of ether oxygens (including phenoxy) is 2. The molecule has 0 aromatic heterocycles. The largest absolute Gasteiger partial charge is 0.387 e. The normalized spacial score (nSPS) is 53.7. The van der Waals surface area contributed by atoms with Crippen molar-refractivity contribution in [3.8, 4) is 0 Å². The van der Waals surface area contributed by atoms with Crippen molar-refractivity contribution < 1.29 is 14.6 Å². The van der Waals surface area contributed by atoms with Gasteiger partial charge in [0.15, 0.2) is 0 Å². The van der Waals surface area contributed by atoms with Gasteiger partial charge in [0, 0.05) is 13.7 Å². The summed E-state index contributed by atoms with van der Waals surface area (Å²) in [6.07, 6.45) is 11.5. The Morgan fingerprint density at radius 1 is 0.923 bits per heavy atom. The SMILES string of the molecule is CCOC[C@@]1(O)CC[C@@]2(C)C(CCC3C2CC[C@@]2(C)C3CC[C@@H]2OC)C1. The van der Waals surface area contributed by atoms with Crippen molar-refractivity contribution in [3.05, 3.63) is 0 Å². The minimum Gasteiger partial charge on any atom is -0.387 e. The summed E-state index contributed by atoms with van der Waals surface area (Å²) in [6.45, 7) is 8.34. The van der Waals surface area contributed by atoms with E-state index in [4.69, 9.17) is 9.47 Å². The van der Waals surface area contributed by atoms with Crippen molar-refractivity contribution in [1.29, 1.82) is 0 Å². The molecule has 4 aliphatic rings. The predicted octanol–water partition coefficient (Wildman–Crippen LogP) is 4.81. The third-order valence-electron chi connectivity index (χ3n) is 9.59. The van der Waals surface area contributed by atoms with Gasteiger partial charge in [0.1, 0.15) is 0 Å². The number of rotatable bonds is 4. The van der Waals surface area contributed by atoms with Crippen molar-refractivity contribution in [3.63, 3.8) is 0 Å². The van der Waals surface area contributed by atoms with E-state index in [9.17, 15) is 5.11 Å². The first-order chi connectivity index (χ1) is 12.4.